The smallest absolute Gasteiger partial charge is 0.0590 e. The Morgan fingerprint density at radius 3 is 2.64 bits per heavy atom. The third-order valence-corrected chi connectivity index (χ3v) is 3.27. The topological polar surface area (TPSA) is 21.3 Å². The minimum atomic E-state index is 0.677. The summed E-state index contributed by atoms with van der Waals surface area (Å²) in [6.45, 7) is 7.06. The molecule has 0 heterocycles. The summed E-state index contributed by atoms with van der Waals surface area (Å²) in [7, 11) is 0. The van der Waals surface area contributed by atoms with E-state index in [1.807, 2.05) is 6.92 Å². The quantitative estimate of drug-likeness (QED) is 0.664. The van der Waals surface area contributed by atoms with E-state index in [1.54, 1.807) is 0 Å². The maximum absolute atomic E-state index is 5.31. The van der Waals surface area contributed by atoms with E-state index < -0.39 is 0 Å². The van der Waals surface area contributed by atoms with Crippen LogP contribution in [0.4, 0.5) is 0 Å². The Labute approximate surface area is 88.4 Å². The fourth-order valence-corrected chi connectivity index (χ4v) is 2.30. The molecule has 1 unspecified atom stereocenters. The standard InChI is InChI=1S/C12H25NO/c1-3-14-10-9-13-11(2)12-7-5-4-6-8-12/h11-13H,3-10H2,1-2H3. The van der Waals surface area contributed by atoms with Crippen LogP contribution in [0.25, 0.3) is 0 Å². The van der Waals surface area contributed by atoms with Gasteiger partial charge in [-0.05, 0) is 32.6 Å². The molecular formula is C12H25NO. The van der Waals surface area contributed by atoms with E-state index in [0.29, 0.717) is 6.04 Å². The lowest BCUT2D eigenvalue weighted by Crippen LogP contribution is -2.36. The molecule has 0 spiro atoms. The van der Waals surface area contributed by atoms with Gasteiger partial charge in [0.15, 0.2) is 0 Å². The maximum Gasteiger partial charge on any atom is 0.0590 e. The van der Waals surface area contributed by atoms with Crippen LogP contribution in [0.15, 0.2) is 0 Å². The maximum atomic E-state index is 5.31. The van der Waals surface area contributed by atoms with E-state index in [-0.39, 0.29) is 0 Å². The first kappa shape index (κ1) is 12.0. The molecule has 14 heavy (non-hydrogen) atoms. The van der Waals surface area contributed by atoms with Crippen LogP contribution in [0, 0.1) is 5.92 Å². The fraction of sp³-hybridized carbons (Fsp3) is 1.00. The van der Waals surface area contributed by atoms with Crippen molar-refractivity contribution in [3.8, 4) is 0 Å². The summed E-state index contributed by atoms with van der Waals surface area (Å²) >= 11 is 0. The Morgan fingerprint density at radius 1 is 1.29 bits per heavy atom. The van der Waals surface area contributed by atoms with E-state index in [4.69, 9.17) is 4.74 Å². The van der Waals surface area contributed by atoms with Crippen molar-refractivity contribution in [2.45, 2.75) is 52.0 Å². The third-order valence-electron chi connectivity index (χ3n) is 3.27. The van der Waals surface area contributed by atoms with Crippen molar-refractivity contribution in [2.24, 2.45) is 5.92 Å². The lowest BCUT2D eigenvalue weighted by atomic mass is 9.84. The van der Waals surface area contributed by atoms with Crippen molar-refractivity contribution in [1.82, 2.24) is 5.32 Å². The number of hydrogen-bond acceptors (Lipinski definition) is 2. The number of nitrogens with one attached hydrogen (secondary N) is 1. The molecule has 2 heteroatoms. The molecule has 1 saturated carbocycles. The van der Waals surface area contributed by atoms with Crippen molar-refractivity contribution in [1.29, 1.82) is 0 Å². The van der Waals surface area contributed by atoms with E-state index in [2.05, 4.69) is 12.2 Å². The molecule has 0 saturated heterocycles. The van der Waals surface area contributed by atoms with E-state index in [1.165, 1.54) is 32.1 Å². The van der Waals surface area contributed by atoms with Gasteiger partial charge in [-0.2, -0.15) is 0 Å². The Bertz CT molecular complexity index is 132. The van der Waals surface area contributed by atoms with Crippen molar-refractivity contribution in [2.75, 3.05) is 19.8 Å². The van der Waals surface area contributed by atoms with Crippen LogP contribution in [0.2, 0.25) is 0 Å². The molecule has 0 aromatic rings. The molecule has 0 radical (unpaired) electrons. The molecule has 1 fully saturated rings. The van der Waals surface area contributed by atoms with E-state index in [0.717, 1.165) is 25.7 Å². The summed E-state index contributed by atoms with van der Waals surface area (Å²) in [5.74, 6) is 0.908. The molecule has 1 rings (SSSR count). The van der Waals surface area contributed by atoms with Gasteiger partial charge in [-0.1, -0.05) is 19.3 Å². The average molecular weight is 199 g/mol. The molecule has 0 amide bonds. The zero-order valence-electron chi connectivity index (χ0n) is 9.72. The number of rotatable bonds is 6. The first-order valence-corrected chi connectivity index (χ1v) is 6.15. The molecule has 1 atom stereocenters. The Hall–Kier alpha value is -0.0800. The van der Waals surface area contributed by atoms with Crippen molar-refractivity contribution in [3.05, 3.63) is 0 Å². The first-order chi connectivity index (χ1) is 6.84. The molecular weight excluding hydrogens is 174 g/mol. The van der Waals surface area contributed by atoms with Crippen LogP contribution < -0.4 is 5.32 Å². The molecule has 0 aliphatic heterocycles. The average Bonchev–Trinajstić information content (AvgIpc) is 2.25. The number of ether oxygens (including phenoxy) is 1. The molecule has 84 valence electrons. The van der Waals surface area contributed by atoms with Crippen LogP contribution in [-0.2, 0) is 4.74 Å². The van der Waals surface area contributed by atoms with Gasteiger partial charge < -0.3 is 10.1 Å². The van der Waals surface area contributed by atoms with Gasteiger partial charge in [0.25, 0.3) is 0 Å². The molecule has 1 aliphatic rings. The lowest BCUT2D eigenvalue weighted by molar-refractivity contribution is 0.143. The molecule has 0 aromatic carbocycles. The van der Waals surface area contributed by atoms with Crippen molar-refractivity contribution >= 4 is 0 Å². The van der Waals surface area contributed by atoms with Gasteiger partial charge in [0.2, 0.25) is 0 Å². The second kappa shape index (κ2) is 7.24. The van der Waals surface area contributed by atoms with E-state index >= 15 is 0 Å². The second-order valence-electron chi connectivity index (χ2n) is 4.34. The van der Waals surface area contributed by atoms with Crippen LogP contribution in [0.3, 0.4) is 0 Å². The summed E-state index contributed by atoms with van der Waals surface area (Å²) < 4.78 is 5.31. The van der Waals surface area contributed by atoms with Gasteiger partial charge in [-0.15, -0.1) is 0 Å². The predicted octanol–water partition coefficient (Wildman–Crippen LogP) is 2.58. The predicted molar refractivity (Wildman–Crippen MR) is 60.5 cm³/mol. The van der Waals surface area contributed by atoms with Gasteiger partial charge >= 0.3 is 0 Å². The Balaban J connectivity index is 2.04. The fourth-order valence-electron chi connectivity index (χ4n) is 2.30. The van der Waals surface area contributed by atoms with Gasteiger partial charge in [0, 0.05) is 19.2 Å². The van der Waals surface area contributed by atoms with E-state index in [9.17, 15) is 0 Å². The SMILES string of the molecule is CCOCCNC(C)C1CCCCC1. The highest BCUT2D eigenvalue weighted by Crippen LogP contribution is 2.26. The van der Waals surface area contributed by atoms with Crippen LogP contribution in [0.5, 0.6) is 0 Å². The summed E-state index contributed by atoms with van der Waals surface area (Å²) in [6, 6.07) is 0.677. The Kier molecular flexibility index (Phi) is 6.20. The van der Waals surface area contributed by atoms with Gasteiger partial charge in [0.1, 0.15) is 0 Å². The summed E-state index contributed by atoms with van der Waals surface area (Å²) in [5.41, 5.74) is 0. The monoisotopic (exact) mass is 199 g/mol. The zero-order valence-corrected chi connectivity index (χ0v) is 9.72. The normalized spacial score (nSPS) is 21.0. The molecule has 2 nitrogen and oxygen atoms in total. The summed E-state index contributed by atoms with van der Waals surface area (Å²) in [4.78, 5) is 0. The molecule has 0 bridgehead atoms. The van der Waals surface area contributed by atoms with Crippen LogP contribution in [0.1, 0.15) is 46.0 Å². The zero-order chi connectivity index (χ0) is 10.2. The highest BCUT2D eigenvalue weighted by molar-refractivity contribution is 4.75. The summed E-state index contributed by atoms with van der Waals surface area (Å²) in [5, 5.41) is 3.56. The van der Waals surface area contributed by atoms with Gasteiger partial charge in [-0.3, -0.25) is 0 Å². The largest absolute Gasteiger partial charge is 0.380 e. The molecule has 1 aliphatic carbocycles. The molecule has 1 N–H and O–H groups in total. The van der Waals surface area contributed by atoms with Crippen molar-refractivity contribution in [3.63, 3.8) is 0 Å². The number of hydrogen-bond donors (Lipinski definition) is 1. The summed E-state index contributed by atoms with van der Waals surface area (Å²) in [6.07, 6.45) is 7.15. The third kappa shape index (κ3) is 4.43. The minimum absolute atomic E-state index is 0.677. The second-order valence-corrected chi connectivity index (χ2v) is 4.34. The van der Waals surface area contributed by atoms with Crippen molar-refractivity contribution < 1.29 is 4.74 Å². The van der Waals surface area contributed by atoms with Crippen LogP contribution in [-0.4, -0.2) is 25.8 Å². The Morgan fingerprint density at radius 2 is 2.00 bits per heavy atom. The van der Waals surface area contributed by atoms with Crippen LogP contribution >= 0.6 is 0 Å². The lowest BCUT2D eigenvalue weighted by Gasteiger charge is -2.28. The van der Waals surface area contributed by atoms with Gasteiger partial charge in [-0.25, -0.2) is 0 Å². The highest BCUT2D eigenvalue weighted by Gasteiger charge is 2.18. The highest BCUT2D eigenvalue weighted by atomic mass is 16.5. The molecule has 0 aromatic heterocycles. The minimum Gasteiger partial charge on any atom is -0.380 e. The first-order valence-electron chi connectivity index (χ1n) is 6.15. The van der Waals surface area contributed by atoms with Gasteiger partial charge in [0.05, 0.1) is 6.61 Å².